The van der Waals surface area contributed by atoms with E-state index in [2.05, 4.69) is 14.2 Å². The Kier molecular flexibility index (Phi) is 5.91. The van der Waals surface area contributed by atoms with Crippen LogP contribution in [0.3, 0.4) is 0 Å². The molecule has 0 aromatic rings. The smallest absolute Gasteiger partial charge is 0.481 e. The average Bonchev–Trinajstić information content (AvgIpc) is 1.97. The maximum absolute atomic E-state index is 10.9. The fourth-order valence-corrected chi connectivity index (χ4v) is 0.730. The van der Waals surface area contributed by atoms with Gasteiger partial charge < -0.3 is 19.3 Å². The van der Waals surface area contributed by atoms with Gasteiger partial charge in [0.25, 0.3) is 0 Å². The highest BCUT2D eigenvalue weighted by atomic mass is 16.8. The average molecular weight is 234 g/mol. The lowest BCUT2D eigenvalue weighted by Gasteiger charge is -2.14. The molecule has 0 fully saturated rings. The molecule has 0 bridgehead atoms. The molecule has 0 aliphatic carbocycles. The van der Waals surface area contributed by atoms with Gasteiger partial charge in [-0.1, -0.05) is 0 Å². The van der Waals surface area contributed by atoms with E-state index in [1.54, 1.807) is 13.8 Å². The molecule has 92 valence electrons. The second-order valence-electron chi connectivity index (χ2n) is 3.16. The molecule has 1 atom stereocenters. The van der Waals surface area contributed by atoms with Gasteiger partial charge in [0.05, 0.1) is 6.10 Å². The van der Waals surface area contributed by atoms with Crippen LogP contribution in [-0.2, 0) is 23.8 Å². The first-order valence-electron chi connectivity index (χ1n) is 4.59. The largest absolute Gasteiger partial charge is 0.511 e. The monoisotopic (exact) mass is 234 g/mol. The van der Waals surface area contributed by atoms with Crippen molar-refractivity contribution in [1.82, 2.24) is 0 Å². The van der Waals surface area contributed by atoms with E-state index in [1.807, 2.05) is 0 Å². The van der Waals surface area contributed by atoms with Crippen molar-refractivity contribution in [1.29, 1.82) is 0 Å². The summed E-state index contributed by atoms with van der Waals surface area (Å²) in [6, 6.07) is 0. The molecule has 0 aliphatic rings. The van der Waals surface area contributed by atoms with Crippen LogP contribution >= 0.6 is 0 Å². The lowest BCUT2D eigenvalue weighted by Crippen LogP contribution is -2.24. The predicted octanol–water partition coefficient (Wildman–Crippen LogP) is 0.912. The van der Waals surface area contributed by atoms with Crippen LogP contribution in [0.25, 0.3) is 0 Å². The van der Waals surface area contributed by atoms with Crippen LogP contribution in [0, 0.1) is 0 Å². The molecule has 0 aromatic carbocycles. The molecule has 1 unspecified atom stereocenters. The van der Waals surface area contributed by atoms with Gasteiger partial charge in [-0.15, -0.1) is 0 Å². The Bertz CT molecular complexity index is 271. The molecule has 0 aromatic heterocycles. The molecule has 0 amide bonds. The van der Waals surface area contributed by atoms with Gasteiger partial charge >= 0.3 is 18.1 Å². The summed E-state index contributed by atoms with van der Waals surface area (Å²) >= 11 is 0. The summed E-state index contributed by atoms with van der Waals surface area (Å²) in [5.41, 5.74) is 0. The quantitative estimate of drug-likeness (QED) is 0.428. The number of hydrogen-bond donors (Lipinski definition) is 1. The lowest BCUT2D eigenvalue weighted by atomic mass is 10.4. The second-order valence-corrected chi connectivity index (χ2v) is 3.16. The van der Waals surface area contributed by atoms with Crippen molar-refractivity contribution in [3.63, 3.8) is 0 Å². The fourth-order valence-electron chi connectivity index (χ4n) is 0.730. The zero-order chi connectivity index (χ0) is 12.7. The highest BCUT2D eigenvalue weighted by molar-refractivity contribution is 5.90. The number of esters is 1. The zero-order valence-corrected chi connectivity index (χ0v) is 9.26. The molecule has 7 heteroatoms. The Labute approximate surface area is 92.3 Å². The standard InChI is InChI=1S/C9H14O7/c1-5(2)14-9(13)16-6(3)15-8(12)4-7(10)11/h5-6H,4H2,1-3H3,(H,10,11). The highest BCUT2D eigenvalue weighted by Crippen LogP contribution is 2.01. The first-order valence-corrected chi connectivity index (χ1v) is 4.59. The number of carbonyl (C=O) groups is 3. The van der Waals surface area contributed by atoms with Gasteiger partial charge in [0.15, 0.2) is 0 Å². The van der Waals surface area contributed by atoms with Gasteiger partial charge in [0.2, 0.25) is 6.29 Å². The molecule has 16 heavy (non-hydrogen) atoms. The Morgan fingerprint density at radius 3 is 2.06 bits per heavy atom. The SMILES string of the molecule is CC(C)OC(=O)OC(C)OC(=O)CC(=O)O. The first kappa shape index (κ1) is 14.2. The molecule has 1 N–H and O–H groups in total. The third kappa shape index (κ3) is 7.60. The summed E-state index contributed by atoms with van der Waals surface area (Å²) in [7, 11) is 0. The van der Waals surface area contributed by atoms with Crippen molar-refractivity contribution in [3.05, 3.63) is 0 Å². The Hall–Kier alpha value is -1.79. The van der Waals surface area contributed by atoms with E-state index in [-0.39, 0.29) is 6.10 Å². The van der Waals surface area contributed by atoms with Gasteiger partial charge in [-0.05, 0) is 13.8 Å². The molecule has 0 saturated heterocycles. The van der Waals surface area contributed by atoms with Crippen molar-refractivity contribution in [3.8, 4) is 0 Å². The maximum Gasteiger partial charge on any atom is 0.511 e. The number of carboxylic acid groups (broad SMARTS) is 1. The highest BCUT2D eigenvalue weighted by Gasteiger charge is 2.17. The number of ether oxygens (including phenoxy) is 3. The predicted molar refractivity (Wildman–Crippen MR) is 50.5 cm³/mol. The van der Waals surface area contributed by atoms with Crippen LogP contribution in [0.2, 0.25) is 0 Å². The summed E-state index contributed by atoms with van der Waals surface area (Å²) in [5, 5.41) is 8.26. The van der Waals surface area contributed by atoms with Crippen LogP contribution in [-0.4, -0.2) is 35.6 Å². The summed E-state index contributed by atoms with van der Waals surface area (Å²) in [6.07, 6.45) is -3.30. The van der Waals surface area contributed by atoms with E-state index in [1.165, 1.54) is 6.92 Å². The zero-order valence-electron chi connectivity index (χ0n) is 9.26. The van der Waals surface area contributed by atoms with Gasteiger partial charge in [-0.25, -0.2) is 4.79 Å². The molecule has 0 rings (SSSR count). The molecule has 0 aliphatic heterocycles. The van der Waals surface area contributed by atoms with E-state index in [4.69, 9.17) is 5.11 Å². The molecule has 7 nitrogen and oxygen atoms in total. The number of rotatable bonds is 5. The van der Waals surface area contributed by atoms with Crippen molar-refractivity contribution in [2.24, 2.45) is 0 Å². The summed E-state index contributed by atoms with van der Waals surface area (Å²) in [5.74, 6) is -2.31. The number of hydrogen-bond acceptors (Lipinski definition) is 6. The van der Waals surface area contributed by atoms with Crippen LogP contribution in [0.4, 0.5) is 4.79 Å². The number of carboxylic acids is 1. The maximum atomic E-state index is 10.9. The van der Waals surface area contributed by atoms with Gasteiger partial charge in [-0.3, -0.25) is 9.59 Å². The molecular formula is C9H14O7. The number of aliphatic carboxylic acids is 1. The molecule has 0 radical (unpaired) electrons. The van der Waals surface area contributed by atoms with Crippen molar-refractivity contribution in [2.45, 2.75) is 39.6 Å². The topological polar surface area (TPSA) is 99.1 Å². The summed E-state index contributed by atoms with van der Waals surface area (Å²) in [6.45, 7) is 4.53. The lowest BCUT2D eigenvalue weighted by molar-refractivity contribution is -0.170. The normalized spacial score (nSPS) is 11.8. The summed E-state index contributed by atoms with van der Waals surface area (Å²) in [4.78, 5) is 31.9. The molecule has 0 spiro atoms. The van der Waals surface area contributed by atoms with E-state index >= 15 is 0 Å². The Balaban J connectivity index is 3.89. The third-order valence-corrected chi connectivity index (χ3v) is 1.19. The fraction of sp³-hybridized carbons (Fsp3) is 0.667. The van der Waals surface area contributed by atoms with Crippen molar-refractivity contribution in [2.75, 3.05) is 0 Å². The van der Waals surface area contributed by atoms with E-state index in [9.17, 15) is 14.4 Å². The first-order chi connectivity index (χ1) is 7.31. The number of carbonyl (C=O) groups excluding carboxylic acids is 2. The minimum Gasteiger partial charge on any atom is -0.481 e. The van der Waals surface area contributed by atoms with Crippen molar-refractivity contribution < 1.29 is 33.7 Å². The Morgan fingerprint density at radius 1 is 1.06 bits per heavy atom. The van der Waals surface area contributed by atoms with Gasteiger partial charge in [0, 0.05) is 6.92 Å². The summed E-state index contributed by atoms with van der Waals surface area (Å²) < 4.78 is 13.6. The van der Waals surface area contributed by atoms with Crippen LogP contribution in [0.1, 0.15) is 27.2 Å². The minimum absolute atomic E-state index is 0.352. The van der Waals surface area contributed by atoms with Crippen LogP contribution < -0.4 is 0 Å². The third-order valence-electron chi connectivity index (χ3n) is 1.19. The van der Waals surface area contributed by atoms with E-state index in [0.717, 1.165) is 0 Å². The van der Waals surface area contributed by atoms with Crippen molar-refractivity contribution >= 4 is 18.1 Å². The van der Waals surface area contributed by atoms with E-state index in [0.29, 0.717) is 0 Å². The van der Waals surface area contributed by atoms with E-state index < -0.39 is 30.8 Å². The van der Waals surface area contributed by atoms with Gasteiger partial charge in [-0.2, -0.15) is 0 Å². The molecule has 0 saturated carbocycles. The molecule has 0 heterocycles. The second kappa shape index (κ2) is 6.65. The van der Waals surface area contributed by atoms with Gasteiger partial charge in [0.1, 0.15) is 6.42 Å². The molecular weight excluding hydrogens is 220 g/mol. The minimum atomic E-state index is -1.32. The van der Waals surface area contributed by atoms with Crippen LogP contribution in [0.15, 0.2) is 0 Å². The van der Waals surface area contributed by atoms with Crippen LogP contribution in [0.5, 0.6) is 0 Å². The Morgan fingerprint density at radius 2 is 1.62 bits per heavy atom.